The van der Waals surface area contributed by atoms with Gasteiger partial charge in [0.2, 0.25) is 5.91 Å². The van der Waals surface area contributed by atoms with Crippen LogP contribution in [0.3, 0.4) is 0 Å². The lowest BCUT2D eigenvalue weighted by atomic mass is 10.1. The first kappa shape index (κ1) is 14.3. The monoisotopic (exact) mass is 310 g/mol. The quantitative estimate of drug-likeness (QED) is 0.840. The van der Waals surface area contributed by atoms with Crippen LogP contribution >= 0.6 is 11.3 Å². The number of primary amides is 1. The summed E-state index contributed by atoms with van der Waals surface area (Å²) in [5, 5.41) is 5.28. The second-order valence-electron chi connectivity index (χ2n) is 5.26. The van der Waals surface area contributed by atoms with Crippen molar-refractivity contribution in [2.75, 3.05) is 25.1 Å². The standard InChI is InChI=1S/C13H18N4O3S/c14-11(18)10-7-21-13(16-10)15-9-1-4-17(12(9)19)8-2-5-20-6-3-8/h7-9H,1-6H2,(H2,14,18)(H,15,16). The van der Waals surface area contributed by atoms with Crippen molar-refractivity contribution in [1.29, 1.82) is 0 Å². The summed E-state index contributed by atoms with van der Waals surface area (Å²) in [5.41, 5.74) is 5.40. The zero-order valence-electron chi connectivity index (χ0n) is 11.6. The molecule has 114 valence electrons. The summed E-state index contributed by atoms with van der Waals surface area (Å²) in [5.74, 6) is -0.446. The lowest BCUT2D eigenvalue weighted by molar-refractivity contribution is -0.131. The Bertz CT molecular complexity index is 541. The molecule has 3 rings (SSSR count). The van der Waals surface area contributed by atoms with Gasteiger partial charge in [-0.1, -0.05) is 0 Å². The maximum atomic E-state index is 12.5. The Morgan fingerprint density at radius 3 is 2.86 bits per heavy atom. The molecule has 3 N–H and O–H groups in total. The normalized spacial score (nSPS) is 23.5. The third-order valence-corrected chi connectivity index (χ3v) is 4.70. The van der Waals surface area contributed by atoms with E-state index >= 15 is 0 Å². The summed E-state index contributed by atoms with van der Waals surface area (Å²) in [7, 11) is 0. The van der Waals surface area contributed by atoms with E-state index in [0.717, 1.165) is 39.0 Å². The van der Waals surface area contributed by atoms with E-state index in [-0.39, 0.29) is 23.7 Å². The lowest BCUT2D eigenvalue weighted by Gasteiger charge is -2.31. The number of ether oxygens (including phenoxy) is 1. The highest BCUT2D eigenvalue weighted by atomic mass is 32.1. The first-order valence-corrected chi connectivity index (χ1v) is 7.93. The van der Waals surface area contributed by atoms with Crippen molar-refractivity contribution in [2.24, 2.45) is 5.73 Å². The average Bonchev–Trinajstić information content (AvgIpc) is 3.09. The molecule has 1 aromatic heterocycles. The SMILES string of the molecule is NC(=O)c1csc(NC2CCN(C3CCOCC3)C2=O)n1. The Kier molecular flexibility index (Phi) is 4.07. The molecule has 2 fully saturated rings. The second kappa shape index (κ2) is 5.98. The molecule has 2 saturated heterocycles. The molecule has 0 aliphatic carbocycles. The van der Waals surface area contributed by atoms with E-state index in [0.29, 0.717) is 5.13 Å². The summed E-state index contributed by atoms with van der Waals surface area (Å²) >= 11 is 1.29. The second-order valence-corrected chi connectivity index (χ2v) is 6.12. The number of carbonyl (C=O) groups excluding carboxylic acids is 2. The molecule has 2 aliphatic heterocycles. The van der Waals surface area contributed by atoms with Crippen molar-refractivity contribution in [3.05, 3.63) is 11.1 Å². The van der Waals surface area contributed by atoms with Crippen molar-refractivity contribution in [3.63, 3.8) is 0 Å². The van der Waals surface area contributed by atoms with Crippen LogP contribution in [-0.4, -0.2) is 53.5 Å². The van der Waals surface area contributed by atoms with Crippen LogP contribution in [-0.2, 0) is 9.53 Å². The fourth-order valence-corrected chi connectivity index (χ4v) is 3.55. The van der Waals surface area contributed by atoms with Crippen molar-refractivity contribution in [1.82, 2.24) is 9.88 Å². The minimum absolute atomic E-state index is 0.109. The van der Waals surface area contributed by atoms with Crippen LogP contribution in [0.1, 0.15) is 29.8 Å². The van der Waals surface area contributed by atoms with E-state index in [9.17, 15) is 9.59 Å². The van der Waals surface area contributed by atoms with Gasteiger partial charge in [0.15, 0.2) is 5.13 Å². The molecule has 0 aromatic carbocycles. The highest BCUT2D eigenvalue weighted by Crippen LogP contribution is 2.24. The minimum atomic E-state index is -0.555. The zero-order valence-corrected chi connectivity index (χ0v) is 12.4. The summed E-state index contributed by atoms with van der Waals surface area (Å²) in [6.07, 6.45) is 2.56. The van der Waals surface area contributed by atoms with E-state index in [1.807, 2.05) is 4.90 Å². The molecule has 0 spiro atoms. The lowest BCUT2D eigenvalue weighted by Crippen LogP contribution is -2.43. The van der Waals surface area contributed by atoms with E-state index in [4.69, 9.17) is 10.5 Å². The van der Waals surface area contributed by atoms with Crippen LogP contribution in [0.15, 0.2) is 5.38 Å². The van der Waals surface area contributed by atoms with Gasteiger partial charge in [-0.2, -0.15) is 0 Å². The number of nitrogens with one attached hydrogen (secondary N) is 1. The van der Waals surface area contributed by atoms with Gasteiger partial charge in [-0.3, -0.25) is 9.59 Å². The number of amides is 2. The van der Waals surface area contributed by atoms with E-state index < -0.39 is 5.91 Å². The summed E-state index contributed by atoms with van der Waals surface area (Å²) in [4.78, 5) is 29.5. The van der Waals surface area contributed by atoms with Crippen molar-refractivity contribution >= 4 is 28.3 Å². The third kappa shape index (κ3) is 3.01. The Hall–Kier alpha value is -1.67. The molecule has 2 amide bonds. The van der Waals surface area contributed by atoms with E-state index in [1.165, 1.54) is 11.3 Å². The first-order valence-electron chi connectivity index (χ1n) is 7.05. The molecule has 0 saturated carbocycles. The Morgan fingerprint density at radius 2 is 2.19 bits per heavy atom. The van der Waals surface area contributed by atoms with Crippen LogP contribution in [0.25, 0.3) is 0 Å². The van der Waals surface area contributed by atoms with Crippen LogP contribution in [0.5, 0.6) is 0 Å². The van der Waals surface area contributed by atoms with E-state index in [1.54, 1.807) is 5.38 Å². The fraction of sp³-hybridized carbons (Fsp3) is 0.615. The van der Waals surface area contributed by atoms with Gasteiger partial charge in [0.1, 0.15) is 11.7 Å². The minimum Gasteiger partial charge on any atom is -0.381 e. The van der Waals surface area contributed by atoms with Crippen LogP contribution in [0.2, 0.25) is 0 Å². The molecule has 1 unspecified atom stereocenters. The number of thiazole rings is 1. The molecule has 0 bridgehead atoms. The molecule has 21 heavy (non-hydrogen) atoms. The maximum Gasteiger partial charge on any atom is 0.268 e. The molecular weight excluding hydrogens is 292 g/mol. The Labute approximate surface area is 126 Å². The highest BCUT2D eigenvalue weighted by molar-refractivity contribution is 7.13. The number of hydrogen-bond acceptors (Lipinski definition) is 6. The summed E-state index contributed by atoms with van der Waals surface area (Å²) in [6, 6.07) is 0.0234. The van der Waals surface area contributed by atoms with Gasteiger partial charge in [0, 0.05) is 31.2 Å². The fourth-order valence-electron chi connectivity index (χ4n) is 2.80. The smallest absolute Gasteiger partial charge is 0.268 e. The van der Waals surface area contributed by atoms with Gasteiger partial charge in [0.05, 0.1) is 0 Å². The molecule has 1 atom stereocenters. The van der Waals surface area contributed by atoms with Crippen molar-refractivity contribution in [2.45, 2.75) is 31.3 Å². The van der Waals surface area contributed by atoms with Crippen LogP contribution in [0, 0.1) is 0 Å². The number of anilines is 1. The number of nitrogens with two attached hydrogens (primary N) is 1. The molecule has 1 aromatic rings. The highest BCUT2D eigenvalue weighted by Gasteiger charge is 2.36. The summed E-state index contributed by atoms with van der Waals surface area (Å²) in [6.45, 7) is 2.21. The molecule has 2 aliphatic rings. The molecule has 7 nitrogen and oxygen atoms in total. The van der Waals surface area contributed by atoms with Crippen LogP contribution in [0.4, 0.5) is 5.13 Å². The van der Waals surface area contributed by atoms with Gasteiger partial charge >= 0.3 is 0 Å². The topological polar surface area (TPSA) is 97.5 Å². The number of carbonyl (C=O) groups is 2. The van der Waals surface area contributed by atoms with Gasteiger partial charge in [0.25, 0.3) is 5.91 Å². The van der Waals surface area contributed by atoms with Gasteiger partial charge in [-0.15, -0.1) is 11.3 Å². The number of rotatable bonds is 4. The van der Waals surface area contributed by atoms with Crippen molar-refractivity contribution in [3.8, 4) is 0 Å². The number of aromatic nitrogens is 1. The zero-order chi connectivity index (χ0) is 14.8. The summed E-state index contributed by atoms with van der Waals surface area (Å²) < 4.78 is 5.34. The predicted octanol–water partition coefficient (Wildman–Crippen LogP) is 0.434. The Balaban J connectivity index is 1.61. The molecule has 3 heterocycles. The number of hydrogen-bond donors (Lipinski definition) is 2. The molecular formula is C13H18N4O3S. The Morgan fingerprint density at radius 1 is 1.43 bits per heavy atom. The molecule has 0 radical (unpaired) electrons. The average molecular weight is 310 g/mol. The maximum absolute atomic E-state index is 12.5. The van der Waals surface area contributed by atoms with Crippen LogP contribution < -0.4 is 11.1 Å². The third-order valence-electron chi connectivity index (χ3n) is 3.93. The van der Waals surface area contributed by atoms with Gasteiger partial charge < -0.3 is 20.7 Å². The van der Waals surface area contributed by atoms with Crippen molar-refractivity contribution < 1.29 is 14.3 Å². The predicted molar refractivity (Wildman–Crippen MR) is 78.2 cm³/mol. The van der Waals surface area contributed by atoms with Gasteiger partial charge in [-0.05, 0) is 19.3 Å². The first-order chi connectivity index (χ1) is 10.1. The number of nitrogens with zero attached hydrogens (tertiary/aromatic N) is 2. The van der Waals surface area contributed by atoms with E-state index in [2.05, 4.69) is 10.3 Å². The molecule has 8 heteroatoms. The van der Waals surface area contributed by atoms with Gasteiger partial charge in [-0.25, -0.2) is 4.98 Å². The number of likely N-dealkylation sites (tertiary alicyclic amines) is 1. The largest absolute Gasteiger partial charge is 0.381 e.